The van der Waals surface area contributed by atoms with E-state index in [0.717, 1.165) is 10.9 Å². The van der Waals surface area contributed by atoms with Crippen molar-refractivity contribution in [2.75, 3.05) is 6.61 Å². The number of Topliss-reactive ketones (excluding diaryl/α,β-unsaturated/α-hetero) is 1. The predicted octanol–water partition coefficient (Wildman–Crippen LogP) is 4.22. The van der Waals surface area contributed by atoms with E-state index >= 15 is 0 Å². The van der Waals surface area contributed by atoms with Crippen LogP contribution in [-0.4, -0.2) is 35.4 Å². The first-order valence-corrected chi connectivity index (χ1v) is 9.79. The Hall–Kier alpha value is -3.35. The molecule has 0 aliphatic rings. The molecule has 1 atom stereocenters. The average Bonchev–Trinajstić information content (AvgIpc) is 3.20. The second-order valence-electron chi connectivity index (χ2n) is 7.28. The van der Waals surface area contributed by atoms with Crippen molar-refractivity contribution in [1.29, 1.82) is 0 Å². The number of hydrogen-bond donors (Lipinski definition) is 1. The summed E-state index contributed by atoms with van der Waals surface area (Å²) in [6.45, 7) is 8.78. The molecule has 0 saturated heterocycles. The number of ether oxygens (including phenoxy) is 2. The van der Waals surface area contributed by atoms with Gasteiger partial charge in [0.25, 0.3) is 0 Å². The molecule has 158 valence electrons. The minimum atomic E-state index is -1.01. The summed E-state index contributed by atoms with van der Waals surface area (Å²) in [6, 6.07) is 5.73. The zero-order valence-electron chi connectivity index (χ0n) is 17.8. The molecular weight excluding hydrogens is 386 g/mol. The lowest BCUT2D eigenvalue weighted by Gasteiger charge is -2.12. The summed E-state index contributed by atoms with van der Waals surface area (Å²) in [5.41, 5.74) is 4.04. The minimum Gasteiger partial charge on any atom is -0.464 e. The average molecular weight is 411 g/mol. The summed E-state index contributed by atoms with van der Waals surface area (Å²) in [7, 11) is 0. The maximum Gasteiger partial charge on any atom is 0.340 e. The fourth-order valence-corrected chi connectivity index (χ4v) is 3.48. The first-order valence-electron chi connectivity index (χ1n) is 9.79. The normalized spacial score (nSPS) is 12.0. The zero-order valence-corrected chi connectivity index (χ0v) is 17.8. The number of rotatable bonds is 7. The van der Waals surface area contributed by atoms with Crippen molar-refractivity contribution in [3.8, 4) is 0 Å². The predicted molar refractivity (Wildman–Crippen MR) is 111 cm³/mol. The van der Waals surface area contributed by atoms with E-state index in [0.29, 0.717) is 28.0 Å². The molecule has 0 saturated carbocycles. The van der Waals surface area contributed by atoms with Crippen molar-refractivity contribution >= 4 is 28.7 Å². The van der Waals surface area contributed by atoms with Gasteiger partial charge in [-0.2, -0.15) is 0 Å². The van der Waals surface area contributed by atoms with Gasteiger partial charge in [-0.15, -0.1) is 0 Å². The first kappa shape index (κ1) is 21.4. The molecule has 3 aromatic rings. The van der Waals surface area contributed by atoms with E-state index < -0.39 is 23.8 Å². The highest BCUT2D eigenvalue weighted by Gasteiger charge is 2.27. The molecular formula is C23H25NO6. The molecule has 1 aromatic carbocycles. The van der Waals surface area contributed by atoms with Crippen molar-refractivity contribution in [1.82, 2.24) is 4.98 Å². The number of ketones is 1. The molecule has 0 amide bonds. The number of aryl methyl sites for hydroxylation is 2. The van der Waals surface area contributed by atoms with Crippen molar-refractivity contribution in [2.45, 2.75) is 47.1 Å². The largest absolute Gasteiger partial charge is 0.464 e. The van der Waals surface area contributed by atoms with E-state index in [1.165, 1.54) is 13.2 Å². The minimum absolute atomic E-state index is 0.00943. The third kappa shape index (κ3) is 4.15. The van der Waals surface area contributed by atoms with Gasteiger partial charge in [0.05, 0.1) is 30.5 Å². The summed E-state index contributed by atoms with van der Waals surface area (Å²) in [5, 5.41) is 0.839. The van der Waals surface area contributed by atoms with Gasteiger partial charge < -0.3 is 18.9 Å². The highest BCUT2D eigenvalue weighted by atomic mass is 16.5. The van der Waals surface area contributed by atoms with Gasteiger partial charge in [-0.3, -0.25) is 9.59 Å². The number of H-pyrrole nitrogens is 1. The monoisotopic (exact) mass is 411 g/mol. The van der Waals surface area contributed by atoms with Crippen LogP contribution >= 0.6 is 0 Å². The molecule has 2 heterocycles. The van der Waals surface area contributed by atoms with Crippen molar-refractivity contribution in [3.63, 3.8) is 0 Å². The summed E-state index contributed by atoms with van der Waals surface area (Å²) >= 11 is 0. The molecule has 0 fully saturated rings. The number of carbonyl (C=O) groups excluding carboxylic acids is 3. The number of aromatic amines is 1. The van der Waals surface area contributed by atoms with Crippen LogP contribution in [0.25, 0.3) is 11.0 Å². The van der Waals surface area contributed by atoms with Crippen LogP contribution in [0.1, 0.15) is 57.1 Å². The van der Waals surface area contributed by atoms with Crippen molar-refractivity contribution in [2.24, 2.45) is 0 Å². The third-order valence-electron chi connectivity index (χ3n) is 4.99. The van der Waals surface area contributed by atoms with Crippen LogP contribution in [-0.2, 0) is 20.7 Å². The molecule has 0 aliphatic heterocycles. The van der Waals surface area contributed by atoms with Crippen LogP contribution in [0.3, 0.4) is 0 Å². The Balaban J connectivity index is 1.71. The number of benzene rings is 1. The molecule has 0 aliphatic carbocycles. The SMILES string of the molecule is CCOC(=O)c1c(C)[nH]c(C(=O)[C@@H](C)OC(=O)Cc2coc3cc(C)ccc23)c1C. The first-order chi connectivity index (χ1) is 14.2. The fraction of sp³-hybridized carbons (Fsp3) is 0.348. The molecule has 0 spiro atoms. The van der Waals surface area contributed by atoms with Gasteiger partial charge in [-0.1, -0.05) is 12.1 Å². The maximum atomic E-state index is 12.8. The highest BCUT2D eigenvalue weighted by Crippen LogP contribution is 2.24. The van der Waals surface area contributed by atoms with Crippen LogP contribution in [0.2, 0.25) is 0 Å². The number of aromatic nitrogens is 1. The number of carbonyl (C=O) groups is 3. The van der Waals surface area contributed by atoms with E-state index in [4.69, 9.17) is 13.9 Å². The lowest BCUT2D eigenvalue weighted by molar-refractivity contribution is -0.145. The van der Waals surface area contributed by atoms with Gasteiger partial charge in [0.2, 0.25) is 5.78 Å². The van der Waals surface area contributed by atoms with E-state index in [1.807, 2.05) is 25.1 Å². The molecule has 2 aromatic heterocycles. The summed E-state index contributed by atoms with van der Waals surface area (Å²) in [6.07, 6.45) is 0.511. The van der Waals surface area contributed by atoms with Gasteiger partial charge in [0, 0.05) is 16.6 Å². The van der Waals surface area contributed by atoms with Crippen LogP contribution in [0.4, 0.5) is 0 Å². The number of furan rings is 1. The van der Waals surface area contributed by atoms with Gasteiger partial charge >= 0.3 is 11.9 Å². The Morgan fingerprint density at radius 3 is 2.60 bits per heavy atom. The van der Waals surface area contributed by atoms with Crippen LogP contribution in [0.15, 0.2) is 28.9 Å². The summed E-state index contributed by atoms with van der Waals surface area (Å²) in [4.78, 5) is 40.3. The standard InChI is InChI=1S/C23H25NO6/c1-6-28-23(27)20-13(3)21(24-14(20)4)22(26)15(5)30-19(25)10-16-11-29-18-9-12(2)7-8-17(16)18/h7-9,11,15,24H,6,10H2,1-5H3/t15-/m1/s1. The van der Waals surface area contributed by atoms with Crippen LogP contribution in [0.5, 0.6) is 0 Å². The molecule has 3 rings (SSSR count). The third-order valence-corrected chi connectivity index (χ3v) is 4.99. The van der Waals surface area contributed by atoms with Gasteiger partial charge in [0.1, 0.15) is 5.58 Å². The maximum absolute atomic E-state index is 12.8. The zero-order chi connectivity index (χ0) is 22.0. The Labute approximate surface area is 174 Å². The number of esters is 2. The molecule has 0 unspecified atom stereocenters. The lowest BCUT2D eigenvalue weighted by atomic mass is 10.1. The Morgan fingerprint density at radius 1 is 1.17 bits per heavy atom. The molecule has 1 N–H and O–H groups in total. The highest BCUT2D eigenvalue weighted by molar-refractivity contribution is 6.04. The second-order valence-corrected chi connectivity index (χ2v) is 7.28. The number of fused-ring (bicyclic) bond motifs is 1. The fourth-order valence-electron chi connectivity index (χ4n) is 3.48. The quantitative estimate of drug-likeness (QED) is 0.462. The number of nitrogens with one attached hydrogen (secondary N) is 1. The van der Waals surface area contributed by atoms with Crippen LogP contribution in [0, 0.1) is 20.8 Å². The van der Waals surface area contributed by atoms with Gasteiger partial charge in [-0.25, -0.2) is 4.79 Å². The second kappa shape index (κ2) is 8.57. The molecule has 7 heteroatoms. The van der Waals surface area contributed by atoms with E-state index in [2.05, 4.69) is 4.98 Å². The van der Waals surface area contributed by atoms with E-state index in [1.54, 1.807) is 20.8 Å². The number of hydrogen-bond acceptors (Lipinski definition) is 6. The van der Waals surface area contributed by atoms with Crippen LogP contribution < -0.4 is 0 Å². The molecule has 7 nitrogen and oxygen atoms in total. The lowest BCUT2D eigenvalue weighted by Crippen LogP contribution is -2.26. The Kier molecular flexibility index (Phi) is 6.10. The Bertz CT molecular complexity index is 1120. The summed E-state index contributed by atoms with van der Waals surface area (Å²) < 4.78 is 15.9. The molecule has 30 heavy (non-hydrogen) atoms. The van der Waals surface area contributed by atoms with Crippen molar-refractivity contribution < 1.29 is 28.3 Å². The van der Waals surface area contributed by atoms with Crippen molar-refractivity contribution in [3.05, 3.63) is 58.1 Å². The summed E-state index contributed by atoms with van der Waals surface area (Å²) in [5.74, 6) is -1.44. The van der Waals surface area contributed by atoms with E-state index in [9.17, 15) is 14.4 Å². The van der Waals surface area contributed by atoms with E-state index in [-0.39, 0.29) is 18.7 Å². The van der Waals surface area contributed by atoms with Gasteiger partial charge in [-0.05, 0) is 51.8 Å². The molecule has 0 radical (unpaired) electrons. The van der Waals surface area contributed by atoms with Gasteiger partial charge in [0.15, 0.2) is 6.10 Å². The smallest absolute Gasteiger partial charge is 0.340 e. The Morgan fingerprint density at radius 2 is 1.90 bits per heavy atom. The molecule has 0 bridgehead atoms. The topological polar surface area (TPSA) is 98.6 Å².